The van der Waals surface area contributed by atoms with Crippen LogP contribution in [0.5, 0.6) is 5.75 Å². The number of thiophene rings is 1. The number of carbonyl (C=O) groups is 2. The van der Waals surface area contributed by atoms with Crippen LogP contribution in [0.2, 0.25) is 0 Å². The van der Waals surface area contributed by atoms with Crippen LogP contribution in [0.4, 0.5) is 11.4 Å². The molecular formula is C25H27N5O3S. The van der Waals surface area contributed by atoms with E-state index in [1.54, 1.807) is 35.7 Å². The molecule has 2 N–H and O–H groups in total. The first-order chi connectivity index (χ1) is 16.2. The zero-order valence-corrected chi connectivity index (χ0v) is 20.8. The first kappa shape index (κ1) is 23.4. The molecule has 0 radical (unpaired) electrons. The van der Waals surface area contributed by atoms with Crippen LogP contribution < -0.4 is 15.4 Å². The molecule has 1 aromatic carbocycles. The monoisotopic (exact) mass is 477 g/mol. The van der Waals surface area contributed by atoms with E-state index in [9.17, 15) is 9.59 Å². The van der Waals surface area contributed by atoms with Gasteiger partial charge in [0.1, 0.15) is 5.75 Å². The van der Waals surface area contributed by atoms with E-state index in [0.29, 0.717) is 33.7 Å². The van der Waals surface area contributed by atoms with Crippen LogP contribution in [0.1, 0.15) is 46.9 Å². The van der Waals surface area contributed by atoms with Crippen LogP contribution in [0.3, 0.4) is 0 Å². The molecule has 8 nitrogen and oxygen atoms in total. The Morgan fingerprint density at radius 2 is 1.88 bits per heavy atom. The molecule has 0 aliphatic heterocycles. The van der Waals surface area contributed by atoms with Crippen molar-refractivity contribution in [3.8, 4) is 17.0 Å². The minimum atomic E-state index is -0.291. The molecule has 0 saturated heterocycles. The molecule has 3 heterocycles. The summed E-state index contributed by atoms with van der Waals surface area (Å²) in [4.78, 5) is 32.3. The minimum absolute atomic E-state index is 0.0864. The first-order valence-corrected chi connectivity index (χ1v) is 11.7. The maximum Gasteiger partial charge on any atom is 0.256 e. The third kappa shape index (κ3) is 4.51. The Labute approximate surface area is 202 Å². The zero-order chi connectivity index (χ0) is 24.6. The van der Waals surface area contributed by atoms with Crippen molar-refractivity contribution in [2.45, 2.75) is 40.7 Å². The van der Waals surface area contributed by atoms with Gasteiger partial charge in [-0.2, -0.15) is 5.10 Å². The Balaban J connectivity index is 1.80. The molecule has 0 spiro atoms. The fourth-order valence-electron chi connectivity index (χ4n) is 3.88. The molecule has 176 valence electrons. The number of ether oxygens (including phenoxy) is 1. The molecule has 0 aliphatic rings. The van der Waals surface area contributed by atoms with Crippen LogP contribution >= 0.6 is 11.3 Å². The van der Waals surface area contributed by atoms with Gasteiger partial charge in [0, 0.05) is 34.0 Å². The summed E-state index contributed by atoms with van der Waals surface area (Å²) in [7, 11) is 1.52. The molecule has 0 aliphatic carbocycles. The van der Waals surface area contributed by atoms with Gasteiger partial charge in [0.25, 0.3) is 5.91 Å². The highest BCUT2D eigenvalue weighted by molar-refractivity contribution is 7.12. The number of fused-ring (bicyclic) bond motifs is 1. The van der Waals surface area contributed by atoms with Crippen molar-refractivity contribution < 1.29 is 14.3 Å². The second kappa shape index (κ2) is 9.26. The average molecular weight is 478 g/mol. The van der Waals surface area contributed by atoms with Gasteiger partial charge in [0.15, 0.2) is 5.65 Å². The summed E-state index contributed by atoms with van der Waals surface area (Å²) in [6.45, 7) is 9.59. The summed E-state index contributed by atoms with van der Waals surface area (Å²) in [5.41, 5.74) is 3.88. The summed E-state index contributed by atoms with van der Waals surface area (Å²) in [6, 6.07) is 9.09. The van der Waals surface area contributed by atoms with Crippen LogP contribution in [0.15, 0.2) is 36.5 Å². The number of hydrogen-bond donors (Lipinski definition) is 2. The van der Waals surface area contributed by atoms with E-state index < -0.39 is 0 Å². The Morgan fingerprint density at radius 1 is 1.12 bits per heavy atom. The molecular weight excluding hydrogens is 450 g/mol. The summed E-state index contributed by atoms with van der Waals surface area (Å²) in [5, 5.41) is 10.8. The highest BCUT2D eigenvalue weighted by Crippen LogP contribution is 2.33. The normalized spacial score (nSPS) is 11.1. The van der Waals surface area contributed by atoms with Crippen molar-refractivity contribution in [1.29, 1.82) is 0 Å². The lowest BCUT2D eigenvalue weighted by Crippen LogP contribution is -2.14. The van der Waals surface area contributed by atoms with Crippen LogP contribution in [0, 0.1) is 13.8 Å². The number of hydrogen-bond acceptors (Lipinski definition) is 6. The van der Waals surface area contributed by atoms with E-state index in [-0.39, 0.29) is 17.9 Å². The van der Waals surface area contributed by atoms with Gasteiger partial charge >= 0.3 is 0 Å². The number of pyridine rings is 1. The Hall–Kier alpha value is -3.72. The number of carbonyl (C=O) groups excluding carboxylic acids is 2. The van der Waals surface area contributed by atoms with Crippen molar-refractivity contribution in [2.24, 2.45) is 0 Å². The number of anilines is 2. The number of amides is 2. The number of benzene rings is 1. The van der Waals surface area contributed by atoms with Crippen LogP contribution in [0.25, 0.3) is 22.3 Å². The van der Waals surface area contributed by atoms with Gasteiger partial charge in [-0.1, -0.05) is 0 Å². The summed E-state index contributed by atoms with van der Waals surface area (Å²) in [5.74, 6) is -0.0198. The van der Waals surface area contributed by atoms with Gasteiger partial charge in [-0.25, -0.2) is 9.67 Å². The van der Waals surface area contributed by atoms with E-state index in [1.165, 1.54) is 18.9 Å². The quantitative estimate of drug-likeness (QED) is 0.378. The first-order valence-electron chi connectivity index (χ1n) is 10.9. The molecule has 4 rings (SSSR count). The number of nitrogens with zero attached hydrogens (tertiary/aromatic N) is 3. The number of methoxy groups -OCH3 is 1. The van der Waals surface area contributed by atoms with Crippen molar-refractivity contribution in [3.63, 3.8) is 0 Å². The number of aryl methyl sites for hydroxylation is 2. The predicted molar refractivity (Wildman–Crippen MR) is 136 cm³/mol. The largest absolute Gasteiger partial charge is 0.495 e. The van der Waals surface area contributed by atoms with E-state index in [2.05, 4.69) is 35.6 Å². The molecule has 0 saturated carbocycles. The minimum Gasteiger partial charge on any atom is -0.495 e. The number of rotatable bonds is 6. The van der Waals surface area contributed by atoms with E-state index >= 15 is 0 Å². The van der Waals surface area contributed by atoms with Crippen molar-refractivity contribution in [2.75, 3.05) is 17.7 Å². The molecule has 0 atom stereocenters. The molecule has 2 amide bonds. The fraction of sp³-hybridized carbons (Fsp3) is 0.280. The molecule has 0 bridgehead atoms. The van der Waals surface area contributed by atoms with Crippen LogP contribution in [-0.2, 0) is 4.79 Å². The molecule has 34 heavy (non-hydrogen) atoms. The van der Waals surface area contributed by atoms with E-state index in [0.717, 1.165) is 16.1 Å². The fourth-order valence-corrected chi connectivity index (χ4v) is 4.81. The highest BCUT2D eigenvalue weighted by atomic mass is 32.1. The standard InChI is InChI=1S/C25H27N5O3S/c1-13(2)30-24-20(12-26-30)19(11-21(29-24)18-9-14(3)34-15(18)4)25(32)28-17-7-8-23(33-6)22(10-17)27-16(5)31/h7-13H,1-6H3,(H,27,31)(H,28,32). The molecule has 0 unspecified atom stereocenters. The SMILES string of the molecule is COc1ccc(NC(=O)c2cc(-c3cc(C)sc3C)nc3c2cnn3C(C)C)cc1NC(C)=O. The van der Waals surface area contributed by atoms with E-state index in [1.807, 2.05) is 24.6 Å². The lowest BCUT2D eigenvalue weighted by molar-refractivity contribution is -0.114. The zero-order valence-electron chi connectivity index (χ0n) is 20.0. The maximum absolute atomic E-state index is 13.5. The van der Waals surface area contributed by atoms with Gasteiger partial charge in [-0.15, -0.1) is 11.3 Å². The van der Waals surface area contributed by atoms with Crippen molar-refractivity contribution in [1.82, 2.24) is 14.8 Å². The lowest BCUT2D eigenvalue weighted by Gasteiger charge is -2.13. The van der Waals surface area contributed by atoms with Gasteiger partial charge in [0.2, 0.25) is 5.91 Å². The topological polar surface area (TPSA) is 98.1 Å². The lowest BCUT2D eigenvalue weighted by atomic mass is 10.1. The van der Waals surface area contributed by atoms with E-state index in [4.69, 9.17) is 9.72 Å². The van der Waals surface area contributed by atoms with Crippen molar-refractivity contribution in [3.05, 3.63) is 51.8 Å². The van der Waals surface area contributed by atoms with Gasteiger partial charge in [0.05, 0.1) is 35.6 Å². The van der Waals surface area contributed by atoms with Gasteiger partial charge in [-0.3, -0.25) is 9.59 Å². The molecule has 0 fully saturated rings. The Kier molecular flexibility index (Phi) is 6.39. The average Bonchev–Trinajstić information content (AvgIpc) is 3.35. The van der Waals surface area contributed by atoms with Crippen molar-refractivity contribution >= 4 is 45.6 Å². The highest BCUT2D eigenvalue weighted by Gasteiger charge is 2.20. The summed E-state index contributed by atoms with van der Waals surface area (Å²) < 4.78 is 7.13. The third-order valence-corrected chi connectivity index (χ3v) is 6.35. The molecule has 4 aromatic rings. The Bertz CT molecular complexity index is 1400. The summed E-state index contributed by atoms with van der Waals surface area (Å²) in [6.07, 6.45) is 1.68. The second-order valence-electron chi connectivity index (χ2n) is 8.35. The number of aromatic nitrogens is 3. The molecule has 3 aromatic heterocycles. The second-order valence-corrected chi connectivity index (χ2v) is 9.81. The number of nitrogens with one attached hydrogen (secondary N) is 2. The predicted octanol–water partition coefficient (Wildman–Crippen LogP) is 5.58. The van der Waals surface area contributed by atoms with Gasteiger partial charge in [-0.05, 0) is 58.0 Å². The smallest absolute Gasteiger partial charge is 0.256 e. The van der Waals surface area contributed by atoms with Gasteiger partial charge < -0.3 is 15.4 Å². The third-order valence-electron chi connectivity index (χ3n) is 5.39. The van der Waals surface area contributed by atoms with Crippen LogP contribution in [-0.4, -0.2) is 33.7 Å². The Morgan fingerprint density at radius 3 is 2.50 bits per heavy atom. The molecule has 9 heteroatoms. The maximum atomic E-state index is 13.5. The summed E-state index contributed by atoms with van der Waals surface area (Å²) >= 11 is 1.70.